The minimum absolute atomic E-state index is 0.595. The average molecular weight is 285 g/mol. The monoisotopic (exact) mass is 284 g/mol. The maximum absolute atomic E-state index is 5.80. The molecule has 5 heteroatoms. The largest absolute Gasteiger partial charge is 0.427 e. The van der Waals surface area contributed by atoms with Gasteiger partial charge in [-0.1, -0.05) is 17.4 Å². The van der Waals surface area contributed by atoms with Crippen LogP contribution < -0.4 is 10.5 Å². The number of aryl methyl sites for hydroxylation is 1. The first-order valence-electron chi connectivity index (χ1n) is 4.31. The molecular formula is C10H9BrN2OS. The van der Waals surface area contributed by atoms with Crippen LogP contribution in [0.4, 0.5) is 5.69 Å². The number of hydrogen-bond acceptors (Lipinski definition) is 4. The Kier molecular flexibility index (Phi) is 2.93. The summed E-state index contributed by atoms with van der Waals surface area (Å²) < 4.78 is 6.43. The van der Waals surface area contributed by atoms with E-state index in [9.17, 15) is 0 Å². The lowest BCUT2D eigenvalue weighted by Crippen LogP contribution is -1.92. The van der Waals surface area contributed by atoms with Gasteiger partial charge in [-0.25, -0.2) is 4.98 Å². The molecule has 2 aromatic rings. The minimum Gasteiger partial charge on any atom is -0.427 e. The Labute approximate surface area is 100 Å². The van der Waals surface area contributed by atoms with E-state index >= 15 is 0 Å². The zero-order valence-electron chi connectivity index (χ0n) is 8.03. The van der Waals surface area contributed by atoms with Gasteiger partial charge in [0.15, 0.2) is 5.75 Å². The predicted octanol–water partition coefficient (Wildman–Crippen LogP) is 3.59. The summed E-state index contributed by atoms with van der Waals surface area (Å²) in [6.45, 7) is 1.92. The molecule has 0 atom stereocenters. The summed E-state index contributed by atoms with van der Waals surface area (Å²) in [5.74, 6) is 0.617. The van der Waals surface area contributed by atoms with E-state index in [1.807, 2.05) is 24.4 Å². The Morgan fingerprint density at radius 1 is 1.47 bits per heavy atom. The first kappa shape index (κ1) is 10.4. The molecular weight excluding hydrogens is 276 g/mol. The van der Waals surface area contributed by atoms with Crippen LogP contribution in [0.25, 0.3) is 0 Å². The van der Waals surface area contributed by atoms with Gasteiger partial charge in [-0.05, 0) is 35.0 Å². The molecule has 78 valence electrons. The van der Waals surface area contributed by atoms with Crippen molar-refractivity contribution in [3.63, 3.8) is 0 Å². The summed E-state index contributed by atoms with van der Waals surface area (Å²) in [6, 6.07) is 5.53. The van der Waals surface area contributed by atoms with Gasteiger partial charge in [0.25, 0.3) is 5.19 Å². The number of aromatic nitrogens is 1. The van der Waals surface area contributed by atoms with Crippen LogP contribution in [0.1, 0.15) is 5.69 Å². The summed E-state index contributed by atoms with van der Waals surface area (Å²) in [7, 11) is 0. The highest BCUT2D eigenvalue weighted by molar-refractivity contribution is 9.10. The minimum atomic E-state index is 0.595. The zero-order valence-corrected chi connectivity index (χ0v) is 10.4. The molecule has 0 aliphatic carbocycles. The Morgan fingerprint density at radius 2 is 2.27 bits per heavy atom. The van der Waals surface area contributed by atoms with Crippen LogP contribution in [-0.2, 0) is 0 Å². The number of hydrogen-bond donors (Lipinski definition) is 1. The molecule has 0 amide bonds. The van der Waals surface area contributed by atoms with Gasteiger partial charge in [-0.15, -0.1) is 0 Å². The topological polar surface area (TPSA) is 48.1 Å². The van der Waals surface area contributed by atoms with Crippen LogP contribution in [0.2, 0.25) is 0 Å². The first-order valence-corrected chi connectivity index (χ1v) is 5.98. The van der Waals surface area contributed by atoms with Crippen molar-refractivity contribution in [3.05, 3.63) is 33.7 Å². The summed E-state index contributed by atoms with van der Waals surface area (Å²) in [5.41, 5.74) is 7.34. The number of rotatable bonds is 2. The number of ether oxygens (including phenoxy) is 1. The number of halogens is 1. The SMILES string of the molecule is Cc1csc(Oc2c(N)cccc2Br)n1. The number of anilines is 1. The van der Waals surface area contributed by atoms with E-state index in [0.29, 0.717) is 16.6 Å². The number of thiazole rings is 1. The second-order valence-electron chi connectivity index (χ2n) is 3.02. The van der Waals surface area contributed by atoms with E-state index in [2.05, 4.69) is 20.9 Å². The lowest BCUT2D eigenvalue weighted by molar-refractivity contribution is 0.477. The van der Waals surface area contributed by atoms with Crippen molar-refractivity contribution in [1.82, 2.24) is 4.98 Å². The predicted molar refractivity (Wildman–Crippen MR) is 65.5 cm³/mol. The van der Waals surface area contributed by atoms with Gasteiger partial charge in [0.2, 0.25) is 0 Å². The van der Waals surface area contributed by atoms with Gasteiger partial charge in [-0.3, -0.25) is 0 Å². The van der Waals surface area contributed by atoms with Crippen LogP contribution in [0, 0.1) is 6.92 Å². The van der Waals surface area contributed by atoms with Crippen LogP contribution in [0.3, 0.4) is 0 Å². The third-order valence-corrected chi connectivity index (χ3v) is 3.24. The van der Waals surface area contributed by atoms with Crippen molar-refractivity contribution in [2.24, 2.45) is 0 Å². The third kappa shape index (κ3) is 2.30. The average Bonchev–Trinajstić information content (AvgIpc) is 2.58. The fraction of sp³-hybridized carbons (Fsp3) is 0.100. The van der Waals surface area contributed by atoms with Crippen molar-refractivity contribution in [1.29, 1.82) is 0 Å². The molecule has 1 aromatic carbocycles. The Morgan fingerprint density at radius 3 is 2.87 bits per heavy atom. The van der Waals surface area contributed by atoms with Crippen molar-refractivity contribution < 1.29 is 4.74 Å². The molecule has 0 unspecified atom stereocenters. The molecule has 0 aliphatic heterocycles. The Bertz CT molecular complexity index is 464. The van der Waals surface area contributed by atoms with E-state index in [-0.39, 0.29) is 0 Å². The van der Waals surface area contributed by atoms with Crippen molar-refractivity contribution in [2.75, 3.05) is 5.73 Å². The molecule has 1 heterocycles. The first-order chi connectivity index (χ1) is 7.16. The molecule has 0 aliphatic rings. The summed E-state index contributed by atoms with van der Waals surface area (Å²) >= 11 is 4.84. The number of benzene rings is 1. The molecule has 2 N–H and O–H groups in total. The maximum Gasteiger partial charge on any atom is 0.279 e. The number of nitrogens with two attached hydrogens (primary N) is 1. The number of nitrogens with zero attached hydrogens (tertiary/aromatic N) is 1. The van der Waals surface area contributed by atoms with Crippen LogP contribution >= 0.6 is 27.3 Å². The van der Waals surface area contributed by atoms with E-state index in [4.69, 9.17) is 10.5 Å². The normalized spacial score (nSPS) is 10.3. The second-order valence-corrected chi connectivity index (χ2v) is 4.69. The maximum atomic E-state index is 5.80. The van der Waals surface area contributed by atoms with Crippen LogP contribution in [0.5, 0.6) is 10.9 Å². The molecule has 0 saturated carbocycles. The van der Waals surface area contributed by atoms with Gasteiger partial charge in [0, 0.05) is 5.38 Å². The Hall–Kier alpha value is -1.07. The molecule has 3 nitrogen and oxygen atoms in total. The van der Waals surface area contributed by atoms with E-state index < -0.39 is 0 Å². The number of para-hydroxylation sites is 1. The van der Waals surface area contributed by atoms with Crippen LogP contribution in [-0.4, -0.2) is 4.98 Å². The van der Waals surface area contributed by atoms with E-state index in [0.717, 1.165) is 10.2 Å². The lowest BCUT2D eigenvalue weighted by Gasteiger charge is -2.06. The van der Waals surface area contributed by atoms with Crippen molar-refractivity contribution in [2.45, 2.75) is 6.92 Å². The van der Waals surface area contributed by atoms with Gasteiger partial charge in [0.1, 0.15) is 0 Å². The lowest BCUT2D eigenvalue weighted by atomic mass is 10.3. The van der Waals surface area contributed by atoms with Gasteiger partial charge in [-0.2, -0.15) is 0 Å². The smallest absolute Gasteiger partial charge is 0.279 e. The quantitative estimate of drug-likeness (QED) is 0.858. The highest BCUT2D eigenvalue weighted by atomic mass is 79.9. The second kappa shape index (κ2) is 4.20. The van der Waals surface area contributed by atoms with Gasteiger partial charge < -0.3 is 10.5 Å². The van der Waals surface area contributed by atoms with Crippen molar-refractivity contribution in [3.8, 4) is 10.9 Å². The van der Waals surface area contributed by atoms with Crippen LogP contribution in [0.15, 0.2) is 28.1 Å². The van der Waals surface area contributed by atoms with Gasteiger partial charge >= 0.3 is 0 Å². The summed E-state index contributed by atoms with van der Waals surface area (Å²) in [4.78, 5) is 4.21. The van der Waals surface area contributed by atoms with Gasteiger partial charge in [0.05, 0.1) is 15.9 Å². The molecule has 0 saturated heterocycles. The third-order valence-electron chi connectivity index (χ3n) is 1.78. The molecule has 0 bridgehead atoms. The molecule has 0 fully saturated rings. The molecule has 15 heavy (non-hydrogen) atoms. The standard InChI is InChI=1S/C10H9BrN2OS/c1-6-5-15-10(13-6)14-9-7(11)3-2-4-8(9)12/h2-5H,12H2,1H3. The van der Waals surface area contributed by atoms with Crippen molar-refractivity contribution >= 4 is 33.0 Å². The highest BCUT2D eigenvalue weighted by Gasteiger charge is 2.08. The Balaban J connectivity index is 2.31. The molecule has 0 radical (unpaired) electrons. The number of nitrogen functional groups attached to an aromatic ring is 1. The molecule has 1 aromatic heterocycles. The van der Waals surface area contributed by atoms with E-state index in [1.54, 1.807) is 6.07 Å². The summed E-state index contributed by atoms with van der Waals surface area (Å²) in [5, 5.41) is 2.54. The zero-order chi connectivity index (χ0) is 10.8. The molecule has 2 rings (SSSR count). The fourth-order valence-corrected chi connectivity index (χ4v) is 2.21. The summed E-state index contributed by atoms with van der Waals surface area (Å²) in [6.07, 6.45) is 0. The van der Waals surface area contributed by atoms with E-state index in [1.165, 1.54) is 11.3 Å². The fourth-order valence-electron chi connectivity index (χ4n) is 1.10. The highest BCUT2D eigenvalue weighted by Crippen LogP contribution is 2.35. The molecule has 0 spiro atoms.